The van der Waals surface area contributed by atoms with Crippen LogP contribution in [0.25, 0.3) is 0 Å². The van der Waals surface area contributed by atoms with Crippen LogP contribution in [0.4, 0.5) is 0 Å². The van der Waals surface area contributed by atoms with Crippen molar-refractivity contribution in [3.05, 3.63) is 69.8 Å². The second kappa shape index (κ2) is 6.83. The van der Waals surface area contributed by atoms with Gasteiger partial charge in [0.2, 0.25) is 0 Å². The number of carboxylic acid groups (broad SMARTS) is 4. The van der Waals surface area contributed by atoms with E-state index in [0.29, 0.717) is 0 Å². The van der Waals surface area contributed by atoms with Gasteiger partial charge in [0.05, 0.1) is 22.3 Å². The molecule has 0 aliphatic carbocycles. The van der Waals surface area contributed by atoms with E-state index < -0.39 is 46.1 Å². The first-order valence-electron chi connectivity index (χ1n) is 6.91. The zero-order valence-electron chi connectivity index (χ0n) is 12.6. The quantitative estimate of drug-likeness (QED) is 0.622. The fourth-order valence-electron chi connectivity index (χ4n) is 2.56. The van der Waals surface area contributed by atoms with Crippen LogP contribution in [0.3, 0.4) is 0 Å². The number of hydrogen-bond acceptors (Lipinski definition) is 4. The third-order valence-corrected chi connectivity index (χ3v) is 3.57. The maximum atomic E-state index is 11.5. The molecule has 0 amide bonds. The Morgan fingerprint density at radius 3 is 1.28 bits per heavy atom. The molecule has 4 N–H and O–H groups in total. The van der Waals surface area contributed by atoms with Gasteiger partial charge >= 0.3 is 23.9 Å². The summed E-state index contributed by atoms with van der Waals surface area (Å²) in [5.74, 6) is -5.81. The second-order valence-corrected chi connectivity index (χ2v) is 5.08. The highest BCUT2D eigenvalue weighted by atomic mass is 16.4. The summed E-state index contributed by atoms with van der Waals surface area (Å²) in [7, 11) is 0. The van der Waals surface area contributed by atoms with Crippen molar-refractivity contribution < 1.29 is 42.5 Å². The number of aromatic carboxylic acids is 4. The molecule has 25 heavy (non-hydrogen) atoms. The minimum Gasteiger partial charge on any atom is -0.478 e. The van der Waals surface area contributed by atoms with Gasteiger partial charge < -0.3 is 20.4 Å². The maximum Gasteiger partial charge on any atom is 0.336 e. The van der Waals surface area contributed by atoms with Gasteiger partial charge in [-0.2, -0.15) is 0 Å². The third kappa shape index (κ3) is 3.47. The summed E-state index contributed by atoms with van der Waals surface area (Å²) in [4.78, 5) is 45.3. The molecule has 2 aromatic rings. The van der Waals surface area contributed by atoms with Crippen molar-refractivity contribution in [1.29, 1.82) is 0 Å². The lowest BCUT2D eigenvalue weighted by Crippen LogP contribution is -2.14. The highest BCUT2D eigenvalue weighted by molar-refractivity contribution is 6.04. The first-order chi connectivity index (χ1) is 11.7. The largest absolute Gasteiger partial charge is 0.478 e. The summed E-state index contributed by atoms with van der Waals surface area (Å²) in [6.45, 7) is 0. The van der Waals surface area contributed by atoms with Crippen LogP contribution in [0.2, 0.25) is 0 Å². The topological polar surface area (TPSA) is 149 Å². The first kappa shape index (κ1) is 17.7. The van der Waals surface area contributed by atoms with Crippen molar-refractivity contribution in [1.82, 2.24) is 0 Å². The van der Waals surface area contributed by atoms with E-state index in [9.17, 15) is 29.4 Å². The van der Waals surface area contributed by atoms with E-state index >= 15 is 0 Å². The summed E-state index contributed by atoms with van der Waals surface area (Å²) in [5, 5.41) is 36.9. The molecular weight excluding hydrogens is 332 g/mol. The minimum absolute atomic E-state index is 0. The highest BCUT2D eigenvalue weighted by Gasteiger charge is 2.24. The van der Waals surface area contributed by atoms with Gasteiger partial charge in [0.25, 0.3) is 0 Å². The molecule has 0 atom stereocenters. The summed E-state index contributed by atoms with van der Waals surface area (Å²) in [5.41, 5.74) is -1.67. The van der Waals surface area contributed by atoms with E-state index in [1.54, 1.807) is 0 Å². The molecule has 8 heteroatoms. The number of carbonyl (C=O) groups is 4. The van der Waals surface area contributed by atoms with Crippen LogP contribution in [-0.4, -0.2) is 44.3 Å². The standard InChI is InChI=1S/C17H12O8.2H2/c18-14(19)10-5-1-3-8(12(10)16(22)23)7-9-4-2-6-11(15(20)21)13(9)17(24)25;;/h1-6H,7H2,(H,18,19)(H,20,21)(H,22,23)(H,24,25);2*1H. The molecule has 0 saturated heterocycles. The van der Waals surface area contributed by atoms with Gasteiger partial charge in [-0.25, -0.2) is 19.2 Å². The van der Waals surface area contributed by atoms with Gasteiger partial charge in [0, 0.05) is 2.85 Å². The van der Waals surface area contributed by atoms with Crippen molar-refractivity contribution in [2.75, 3.05) is 0 Å². The van der Waals surface area contributed by atoms with E-state index in [0.717, 1.165) is 12.1 Å². The summed E-state index contributed by atoms with van der Waals surface area (Å²) >= 11 is 0. The monoisotopic (exact) mass is 348 g/mol. The number of rotatable bonds is 6. The molecule has 0 heterocycles. The molecule has 2 aromatic carbocycles. The zero-order chi connectivity index (χ0) is 18.7. The van der Waals surface area contributed by atoms with Crippen molar-refractivity contribution >= 4 is 23.9 Å². The van der Waals surface area contributed by atoms with Gasteiger partial charge in [0.15, 0.2) is 0 Å². The average Bonchev–Trinajstić information content (AvgIpc) is 2.53. The lowest BCUT2D eigenvalue weighted by molar-refractivity contribution is 0.0649. The second-order valence-electron chi connectivity index (χ2n) is 5.08. The summed E-state index contributed by atoms with van der Waals surface area (Å²) < 4.78 is 0. The lowest BCUT2D eigenvalue weighted by Gasteiger charge is -2.12. The van der Waals surface area contributed by atoms with Gasteiger partial charge in [-0.05, 0) is 29.7 Å². The molecule has 0 bridgehead atoms. The first-order valence-corrected chi connectivity index (χ1v) is 6.91. The molecular formula is C17H16O8. The van der Waals surface area contributed by atoms with Gasteiger partial charge in [-0.1, -0.05) is 24.3 Å². The normalized spacial score (nSPS) is 10.2. The Balaban J connectivity index is 0.00000338. The van der Waals surface area contributed by atoms with E-state index in [1.165, 1.54) is 24.3 Å². The van der Waals surface area contributed by atoms with Gasteiger partial charge in [0.1, 0.15) is 0 Å². The van der Waals surface area contributed by atoms with E-state index in [4.69, 9.17) is 10.2 Å². The Kier molecular flexibility index (Phi) is 4.83. The maximum absolute atomic E-state index is 11.5. The van der Waals surface area contributed by atoms with Crippen LogP contribution < -0.4 is 0 Å². The van der Waals surface area contributed by atoms with E-state index in [2.05, 4.69) is 0 Å². The molecule has 0 radical (unpaired) electrons. The fraction of sp³-hybridized carbons (Fsp3) is 0.0588. The average molecular weight is 348 g/mol. The number of hydrogen-bond donors (Lipinski definition) is 4. The van der Waals surface area contributed by atoms with Crippen molar-refractivity contribution in [3.8, 4) is 0 Å². The lowest BCUT2D eigenvalue weighted by atomic mass is 9.91. The van der Waals surface area contributed by atoms with Gasteiger partial charge in [-0.15, -0.1) is 0 Å². The molecule has 0 unspecified atom stereocenters. The Morgan fingerprint density at radius 2 is 1.00 bits per heavy atom. The van der Waals surface area contributed by atoms with Gasteiger partial charge in [-0.3, -0.25) is 0 Å². The van der Waals surface area contributed by atoms with E-state index in [-0.39, 0.29) is 20.4 Å². The Hall–Kier alpha value is -3.68. The molecule has 0 aliphatic heterocycles. The Bertz CT molecular complexity index is 834. The molecule has 0 spiro atoms. The molecule has 0 aliphatic rings. The van der Waals surface area contributed by atoms with Crippen LogP contribution in [0.5, 0.6) is 0 Å². The van der Waals surface area contributed by atoms with E-state index in [1.807, 2.05) is 0 Å². The predicted octanol–water partition coefficient (Wildman–Crippen LogP) is 2.56. The van der Waals surface area contributed by atoms with Crippen LogP contribution >= 0.6 is 0 Å². The fourth-order valence-corrected chi connectivity index (χ4v) is 2.56. The van der Waals surface area contributed by atoms with Crippen molar-refractivity contribution in [2.24, 2.45) is 0 Å². The minimum atomic E-state index is -1.47. The van der Waals surface area contributed by atoms with Crippen LogP contribution in [0.15, 0.2) is 36.4 Å². The van der Waals surface area contributed by atoms with Crippen molar-refractivity contribution in [3.63, 3.8) is 0 Å². The Morgan fingerprint density at radius 1 is 0.640 bits per heavy atom. The zero-order valence-corrected chi connectivity index (χ0v) is 12.6. The van der Waals surface area contributed by atoms with Crippen molar-refractivity contribution in [2.45, 2.75) is 6.42 Å². The molecule has 0 aromatic heterocycles. The third-order valence-electron chi connectivity index (χ3n) is 3.57. The number of carboxylic acids is 4. The number of benzene rings is 2. The van der Waals surface area contributed by atoms with Crippen LogP contribution in [0, 0.1) is 0 Å². The molecule has 8 nitrogen and oxygen atoms in total. The SMILES string of the molecule is O=C(O)c1cccc(Cc2cccc(C(=O)O)c2C(=O)O)c1C(=O)O.[HH].[HH]. The molecule has 2 rings (SSSR count). The van der Waals surface area contributed by atoms with Crippen LogP contribution in [-0.2, 0) is 6.42 Å². The van der Waals surface area contributed by atoms with Crippen LogP contribution in [0.1, 0.15) is 55.4 Å². The highest BCUT2D eigenvalue weighted by Crippen LogP contribution is 2.23. The molecule has 0 fully saturated rings. The summed E-state index contributed by atoms with van der Waals surface area (Å²) in [6.07, 6.45) is -0.245. The molecule has 132 valence electrons. The summed E-state index contributed by atoms with van der Waals surface area (Å²) in [6, 6.07) is 7.64. The molecule has 0 saturated carbocycles. The predicted molar refractivity (Wildman–Crippen MR) is 87.8 cm³/mol. The Labute approximate surface area is 143 Å². The smallest absolute Gasteiger partial charge is 0.336 e.